The Kier molecular flexibility index (Phi) is 3.88. The Morgan fingerprint density at radius 1 is 1.24 bits per heavy atom. The molecule has 0 atom stereocenters. The van der Waals surface area contributed by atoms with E-state index in [0.717, 1.165) is 22.0 Å². The van der Waals surface area contributed by atoms with Gasteiger partial charge in [-0.25, -0.2) is 0 Å². The van der Waals surface area contributed by atoms with E-state index in [1.54, 1.807) is 12.4 Å². The lowest BCUT2D eigenvalue weighted by Gasteiger charge is -2.04. The van der Waals surface area contributed by atoms with Crippen LogP contribution in [-0.2, 0) is 17.8 Å². The summed E-state index contributed by atoms with van der Waals surface area (Å²) in [7, 11) is 0. The number of benzene rings is 1. The molecule has 3 aromatic rings. The summed E-state index contributed by atoms with van der Waals surface area (Å²) >= 11 is 6.00. The van der Waals surface area contributed by atoms with Crippen molar-refractivity contribution in [3.8, 4) is 0 Å². The summed E-state index contributed by atoms with van der Waals surface area (Å²) < 4.78 is 0. The molecule has 0 radical (unpaired) electrons. The zero-order valence-corrected chi connectivity index (χ0v) is 12.0. The minimum absolute atomic E-state index is 0.0207. The lowest BCUT2D eigenvalue weighted by atomic mass is 10.1. The summed E-state index contributed by atoms with van der Waals surface area (Å²) in [6.45, 7) is 0.504. The number of aromatic amines is 1. The van der Waals surface area contributed by atoms with E-state index >= 15 is 0 Å². The minimum Gasteiger partial charge on any atom is -0.361 e. The highest BCUT2D eigenvalue weighted by atomic mass is 35.5. The smallest absolute Gasteiger partial charge is 0.224 e. The summed E-state index contributed by atoms with van der Waals surface area (Å²) in [4.78, 5) is 19.1. The second kappa shape index (κ2) is 5.97. The molecule has 1 amide bonds. The molecular weight excluding hydrogens is 286 g/mol. The number of amides is 1. The number of halogens is 1. The summed E-state index contributed by atoms with van der Waals surface area (Å²) in [5.74, 6) is -0.0207. The molecule has 2 heterocycles. The number of hydrogen-bond acceptors (Lipinski definition) is 2. The van der Waals surface area contributed by atoms with E-state index in [9.17, 15) is 4.79 Å². The molecule has 3 rings (SSSR count). The summed E-state index contributed by atoms with van der Waals surface area (Å²) in [5.41, 5.74) is 2.95. The van der Waals surface area contributed by atoms with Crippen LogP contribution in [0.15, 0.2) is 48.9 Å². The van der Waals surface area contributed by atoms with Crippen molar-refractivity contribution < 1.29 is 4.79 Å². The Morgan fingerprint density at radius 3 is 2.86 bits per heavy atom. The van der Waals surface area contributed by atoms with Gasteiger partial charge in [-0.2, -0.15) is 0 Å². The van der Waals surface area contributed by atoms with Crippen molar-refractivity contribution in [1.82, 2.24) is 15.3 Å². The second-order valence-corrected chi connectivity index (χ2v) is 5.25. The molecule has 0 aliphatic rings. The van der Waals surface area contributed by atoms with Gasteiger partial charge in [0.1, 0.15) is 0 Å². The molecule has 0 aliphatic heterocycles. The van der Waals surface area contributed by atoms with Crippen LogP contribution >= 0.6 is 11.6 Å². The first-order valence-corrected chi connectivity index (χ1v) is 7.01. The van der Waals surface area contributed by atoms with Crippen LogP contribution in [0.4, 0.5) is 0 Å². The molecule has 106 valence electrons. The highest BCUT2D eigenvalue weighted by Crippen LogP contribution is 2.22. The topological polar surface area (TPSA) is 57.8 Å². The molecular formula is C16H14ClN3O. The predicted molar refractivity (Wildman–Crippen MR) is 83.1 cm³/mol. The van der Waals surface area contributed by atoms with Gasteiger partial charge in [0.2, 0.25) is 5.91 Å². The van der Waals surface area contributed by atoms with Crippen LogP contribution in [0.2, 0.25) is 5.02 Å². The standard InChI is InChI=1S/C16H14ClN3O/c17-13-1-2-15-14(8-13)12(10-19-15)7-16(21)20-9-11-3-5-18-6-4-11/h1-6,8,10,19H,7,9H2,(H,20,21). The van der Waals surface area contributed by atoms with Crippen molar-refractivity contribution in [1.29, 1.82) is 0 Å². The first-order valence-electron chi connectivity index (χ1n) is 6.63. The first-order chi connectivity index (χ1) is 10.2. The van der Waals surface area contributed by atoms with Gasteiger partial charge in [0.25, 0.3) is 0 Å². The van der Waals surface area contributed by atoms with Crippen LogP contribution < -0.4 is 5.32 Å². The minimum atomic E-state index is -0.0207. The van der Waals surface area contributed by atoms with Crippen molar-refractivity contribution in [3.05, 3.63) is 65.1 Å². The van der Waals surface area contributed by atoms with Crippen LogP contribution in [0.25, 0.3) is 10.9 Å². The maximum absolute atomic E-state index is 12.0. The predicted octanol–water partition coefficient (Wildman–Crippen LogP) is 3.08. The average Bonchev–Trinajstić information content (AvgIpc) is 2.88. The Balaban J connectivity index is 1.67. The van der Waals surface area contributed by atoms with Gasteiger partial charge in [-0.15, -0.1) is 0 Å². The third-order valence-electron chi connectivity index (χ3n) is 3.32. The third-order valence-corrected chi connectivity index (χ3v) is 3.55. The molecule has 4 nitrogen and oxygen atoms in total. The summed E-state index contributed by atoms with van der Waals surface area (Å²) in [6.07, 6.45) is 5.60. The van der Waals surface area contributed by atoms with E-state index in [1.807, 2.05) is 36.5 Å². The number of hydrogen-bond donors (Lipinski definition) is 2. The molecule has 21 heavy (non-hydrogen) atoms. The van der Waals surface area contributed by atoms with Gasteiger partial charge in [-0.1, -0.05) is 11.6 Å². The molecule has 2 N–H and O–H groups in total. The zero-order chi connectivity index (χ0) is 14.7. The number of H-pyrrole nitrogens is 1. The number of fused-ring (bicyclic) bond motifs is 1. The number of carbonyl (C=O) groups excluding carboxylic acids is 1. The van der Waals surface area contributed by atoms with Crippen molar-refractivity contribution in [2.24, 2.45) is 0 Å². The summed E-state index contributed by atoms with van der Waals surface area (Å²) in [5, 5.41) is 4.56. The third kappa shape index (κ3) is 3.23. The summed E-state index contributed by atoms with van der Waals surface area (Å²) in [6, 6.07) is 9.38. The van der Waals surface area contributed by atoms with Crippen LogP contribution in [0, 0.1) is 0 Å². The fourth-order valence-electron chi connectivity index (χ4n) is 2.23. The SMILES string of the molecule is O=C(Cc1c[nH]c2ccc(Cl)cc12)NCc1ccncc1. The molecule has 0 saturated carbocycles. The number of aromatic nitrogens is 2. The largest absolute Gasteiger partial charge is 0.361 e. The highest BCUT2D eigenvalue weighted by molar-refractivity contribution is 6.31. The lowest BCUT2D eigenvalue weighted by Crippen LogP contribution is -2.24. The molecule has 0 saturated heterocycles. The Bertz CT molecular complexity index is 768. The maximum Gasteiger partial charge on any atom is 0.224 e. The Hall–Kier alpha value is -2.33. The van der Waals surface area contributed by atoms with E-state index in [1.165, 1.54) is 0 Å². The van der Waals surface area contributed by atoms with Crippen LogP contribution in [0.3, 0.4) is 0 Å². The van der Waals surface area contributed by atoms with E-state index in [2.05, 4.69) is 15.3 Å². The van der Waals surface area contributed by atoms with Gasteiger partial charge in [0, 0.05) is 41.1 Å². The Labute approximate surface area is 127 Å². The normalized spacial score (nSPS) is 10.7. The van der Waals surface area contributed by atoms with E-state index in [0.29, 0.717) is 18.0 Å². The number of nitrogens with one attached hydrogen (secondary N) is 2. The average molecular weight is 300 g/mol. The van der Waals surface area contributed by atoms with Crippen molar-refractivity contribution in [3.63, 3.8) is 0 Å². The monoisotopic (exact) mass is 299 g/mol. The number of pyridine rings is 1. The van der Waals surface area contributed by atoms with Gasteiger partial charge in [0.05, 0.1) is 6.42 Å². The molecule has 0 bridgehead atoms. The van der Waals surface area contributed by atoms with Crippen molar-refractivity contribution in [2.45, 2.75) is 13.0 Å². The van der Waals surface area contributed by atoms with E-state index in [4.69, 9.17) is 11.6 Å². The number of carbonyl (C=O) groups is 1. The molecule has 1 aromatic carbocycles. The molecule has 0 aliphatic carbocycles. The van der Waals surface area contributed by atoms with Crippen molar-refractivity contribution in [2.75, 3.05) is 0 Å². The fourth-order valence-corrected chi connectivity index (χ4v) is 2.41. The van der Waals surface area contributed by atoms with Gasteiger partial charge < -0.3 is 10.3 Å². The quantitative estimate of drug-likeness (QED) is 0.778. The molecule has 2 aromatic heterocycles. The number of rotatable bonds is 4. The van der Waals surface area contributed by atoms with Crippen LogP contribution in [0.5, 0.6) is 0 Å². The van der Waals surface area contributed by atoms with Gasteiger partial charge >= 0.3 is 0 Å². The van der Waals surface area contributed by atoms with Crippen molar-refractivity contribution >= 4 is 28.4 Å². The molecule has 0 unspecified atom stereocenters. The van der Waals surface area contributed by atoms with Gasteiger partial charge in [0.15, 0.2) is 0 Å². The number of nitrogens with zero attached hydrogens (tertiary/aromatic N) is 1. The maximum atomic E-state index is 12.0. The molecule has 5 heteroatoms. The van der Waals surface area contributed by atoms with Crippen LogP contribution in [-0.4, -0.2) is 15.9 Å². The highest BCUT2D eigenvalue weighted by Gasteiger charge is 2.09. The second-order valence-electron chi connectivity index (χ2n) is 4.81. The Morgan fingerprint density at radius 2 is 2.05 bits per heavy atom. The van der Waals surface area contributed by atoms with Gasteiger partial charge in [-0.3, -0.25) is 9.78 Å². The molecule has 0 spiro atoms. The molecule has 0 fully saturated rings. The zero-order valence-electron chi connectivity index (χ0n) is 11.3. The van der Waals surface area contributed by atoms with E-state index < -0.39 is 0 Å². The van der Waals surface area contributed by atoms with E-state index in [-0.39, 0.29) is 5.91 Å². The van der Waals surface area contributed by atoms with Crippen LogP contribution in [0.1, 0.15) is 11.1 Å². The van der Waals surface area contributed by atoms with Gasteiger partial charge in [-0.05, 0) is 41.5 Å². The fraction of sp³-hybridized carbons (Fsp3) is 0.125. The lowest BCUT2D eigenvalue weighted by molar-refractivity contribution is -0.120. The first kappa shape index (κ1) is 13.6.